The average Bonchev–Trinajstić information content (AvgIpc) is 2.37. The largest absolute Gasteiger partial charge is 0.493 e. The third kappa shape index (κ3) is 4.46. The van der Waals surface area contributed by atoms with Gasteiger partial charge in [0.1, 0.15) is 5.75 Å². The molecule has 7 heteroatoms. The second kappa shape index (κ2) is 6.80. The predicted octanol–water partition coefficient (Wildman–Crippen LogP) is 3.48. The van der Waals surface area contributed by atoms with E-state index in [-0.39, 0.29) is 6.61 Å². The van der Waals surface area contributed by atoms with Gasteiger partial charge in [0.05, 0.1) is 23.8 Å². The highest BCUT2D eigenvalue weighted by molar-refractivity contribution is 5.88. The first kappa shape index (κ1) is 15.8. The lowest BCUT2D eigenvalue weighted by molar-refractivity contribution is -0.139. The Morgan fingerprint density at radius 3 is 2.60 bits per heavy atom. The summed E-state index contributed by atoms with van der Waals surface area (Å²) in [6, 6.07) is 4.52. The maximum atomic E-state index is 12.8. The minimum absolute atomic E-state index is 0.0389. The van der Waals surface area contributed by atoms with E-state index in [1.54, 1.807) is 0 Å². The van der Waals surface area contributed by atoms with Gasteiger partial charge in [-0.1, -0.05) is 0 Å². The van der Waals surface area contributed by atoms with E-state index in [4.69, 9.17) is 15.1 Å². The number of carbonyl (C=O) groups is 1. The Labute approximate surface area is 113 Å². The number of benzene rings is 1. The van der Waals surface area contributed by atoms with Crippen molar-refractivity contribution >= 4 is 5.97 Å². The van der Waals surface area contributed by atoms with Crippen LogP contribution in [-0.2, 0) is 6.18 Å². The summed E-state index contributed by atoms with van der Waals surface area (Å²) in [5, 5.41) is 17.0. The fraction of sp³-hybridized carbons (Fsp3) is 0.385. The van der Waals surface area contributed by atoms with Crippen LogP contribution >= 0.6 is 0 Å². The summed E-state index contributed by atoms with van der Waals surface area (Å²) in [6.45, 7) is 0.0389. The highest BCUT2D eigenvalue weighted by Crippen LogP contribution is 2.36. The third-order valence-electron chi connectivity index (χ3n) is 2.47. The van der Waals surface area contributed by atoms with Gasteiger partial charge >= 0.3 is 12.1 Å². The molecule has 0 heterocycles. The zero-order chi connectivity index (χ0) is 15.2. The van der Waals surface area contributed by atoms with Crippen LogP contribution in [0.1, 0.15) is 35.2 Å². The van der Waals surface area contributed by atoms with Crippen molar-refractivity contribution < 1.29 is 27.8 Å². The van der Waals surface area contributed by atoms with Gasteiger partial charge < -0.3 is 9.84 Å². The lowest BCUT2D eigenvalue weighted by Crippen LogP contribution is -2.11. The lowest BCUT2D eigenvalue weighted by Gasteiger charge is -2.14. The maximum Gasteiger partial charge on any atom is 0.419 e. The van der Waals surface area contributed by atoms with Crippen molar-refractivity contribution in [3.05, 3.63) is 29.3 Å². The van der Waals surface area contributed by atoms with E-state index in [1.807, 2.05) is 6.07 Å². The maximum absolute atomic E-state index is 12.8. The van der Waals surface area contributed by atoms with Crippen LogP contribution in [0, 0.1) is 11.3 Å². The third-order valence-corrected chi connectivity index (χ3v) is 2.47. The summed E-state index contributed by atoms with van der Waals surface area (Å²) in [5.41, 5.74) is -1.56. The van der Waals surface area contributed by atoms with Crippen molar-refractivity contribution in [3.63, 3.8) is 0 Å². The van der Waals surface area contributed by atoms with Crippen LogP contribution in [0.15, 0.2) is 18.2 Å². The first-order valence-corrected chi connectivity index (χ1v) is 5.80. The fourth-order valence-corrected chi connectivity index (χ4v) is 1.50. The number of carboxylic acids is 1. The number of ether oxygens (including phenoxy) is 1. The molecule has 0 bridgehead atoms. The molecular weight excluding hydrogens is 275 g/mol. The Bertz CT molecular complexity index is 521. The molecule has 0 saturated carbocycles. The summed E-state index contributed by atoms with van der Waals surface area (Å²) in [4.78, 5) is 10.7. The zero-order valence-corrected chi connectivity index (χ0v) is 10.4. The first-order valence-electron chi connectivity index (χ1n) is 5.80. The number of carboxylic acid groups (broad SMARTS) is 1. The van der Waals surface area contributed by atoms with Crippen LogP contribution in [0.5, 0.6) is 5.75 Å². The number of hydrogen-bond acceptors (Lipinski definition) is 3. The lowest BCUT2D eigenvalue weighted by atomic mass is 10.1. The molecule has 4 nitrogen and oxygen atoms in total. The molecule has 0 aliphatic rings. The minimum Gasteiger partial charge on any atom is -0.493 e. The number of rotatable bonds is 6. The molecule has 0 atom stereocenters. The van der Waals surface area contributed by atoms with Gasteiger partial charge in [0, 0.05) is 6.42 Å². The van der Waals surface area contributed by atoms with Crippen molar-refractivity contribution in [1.82, 2.24) is 0 Å². The summed E-state index contributed by atoms with van der Waals surface area (Å²) in [6.07, 6.45) is -3.39. The normalized spacial score (nSPS) is 10.9. The minimum atomic E-state index is -4.69. The van der Waals surface area contributed by atoms with Crippen molar-refractivity contribution in [3.8, 4) is 11.8 Å². The van der Waals surface area contributed by atoms with Crippen LogP contribution in [0.3, 0.4) is 0 Å². The molecule has 0 radical (unpaired) electrons. The molecule has 0 unspecified atom stereocenters. The van der Waals surface area contributed by atoms with E-state index < -0.39 is 29.0 Å². The number of nitriles is 1. The molecule has 1 rings (SSSR count). The first-order chi connectivity index (χ1) is 9.36. The highest BCUT2D eigenvalue weighted by atomic mass is 19.4. The molecule has 0 amide bonds. The van der Waals surface area contributed by atoms with E-state index in [0.717, 1.165) is 12.1 Å². The number of unbranched alkanes of at least 4 members (excludes halogenated alkanes) is 2. The van der Waals surface area contributed by atoms with E-state index in [9.17, 15) is 18.0 Å². The van der Waals surface area contributed by atoms with Gasteiger partial charge in [0.25, 0.3) is 0 Å². The molecule has 0 aromatic heterocycles. The number of alkyl halides is 3. The molecule has 0 aliphatic heterocycles. The van der Waals surface area contributed by atoms with Crippen LogP contribution in [0.2, 0.25) is 0 Å². The van der Waals surface area contributed by atoms with E-state index in [0.29, 0.717) is 25.3 Å². The standard InChI is InChI=1S/C13H12F3NO3/c14-13(15,16)10-8-9(12(18)19)4-5-11(10)20-7-3-1-2-6-17/h4-5,8H,1-3,7H2,(H,18,19). The van der Waals surface area contributed by atoms with Gasteiger partial charge in [-0.25, -0.2) is 4.79 Å². The molecule has 20 heavy (non-hydrogen) atoms. The molecule has 0 saturated heterocycles. The molecule has 1 aromatic carbocycles. The smallest absolute Gasteiger partial charge is 0.419 e. The Hall–Kier alpha value is -2.23. The van der Waals surface area contributed by atoms with E-state index >= 15 is 0 Å². The zero-order valence-electron chi connectivity index (χ0n) is 10.4. The molecule has 1 N–H and O–H groups in total. The number of hydrogen-bond donors (Lipinski definition) is 1. The van der Waals surface area contributed by atoms with Crippen molar-refractivity contribution in [1.29, 1.82) is 5.26 Å². The van der Waals surface area contributed by atoms with Gasteiger partial charge in [-0.15, -0.1) is 0 Å². The van der Waals surface area contributed by atoms with Gasteiger partial charge in [-0.3, -0.25) is 0 Å². The summed E-state index contributed by atoms with van der Waals surface area (Å²) in [5.74, 6) is -1.84. The molecule has 108 valence electrons. The summed E-state index contributed by atoms with van der Waals surface area (Å²) < 4.78 is 43.4. The second-order valence-corrected chi connectivity index (χ2v) is 3.98. The van der Waals surface area contributed by atoms with Crippen molar-refractivity contribution in [2.75, 3.05) is 6.61 Å². The van der Waals surface area contributed by atoms with Gasteiger partial charge in [-0.05, 0) is 31.0 Å². The van der Waals surface area contributed by atoms with Gasteiger partial charge in [0.2, 0.25) is 0 Å². The van der Waals surface area contributed by atoms with Crippen LogP contribution < -0.4 is 4.74 Å². The molecular formula is C13H12F3NO3. The summed E-state index contributed by atoms with van der Waals surface area (Å²) >= 11 is 0. The summed E-state index contributed by atoms with van der Waals surface area (Å²) in [7, 11) is 0. The molecule has 1 aromatic rings. The number of aromatic carboxylic acids is 1. The average molecular weight is 287 g/mol. The van der Waals surface area contributed by atoms with Crippen LogP contribution in [-0.4, -0.2) is 17.7 Å². The van der Waals surface area contributed by atoms with Crippen molar-refractivity contribution in [2.24, 2.45) is 0 Å². The Morgan fingerprint density at radius 2 is 2.05 bits per heavy atom. The van der Waals surface area contributed by atoms with Crippen molar-refractivity contribution in [2.45, 2.75) is 25.4 Å². The molecule has 0 fully saturated rings. The van der Waals surface area contributed by atoms with Gasteiger partial charge in [-0.2, -0.15) is 18.4 Å². The topological polar surface area (TPSA) is 70.3 Å². The number of halogens is 3. The Kier molecular flexibility index (Phi) is 5.38. The second-order valence-electron chi connectivity index (χ2n) is 3.98. The fourth-order valence-electron chi connectivity index (χ4n) is 1.50. The van der Waals surface area contributed by atoms with E-state index in [1.165, 1.54) is 0 Å². The quantitative estimate of drug-likeness (QED) is 0.813. The Balaban J connectivity index is 2.85. The highest BCUT2D eigenvalue weighted by Gasteiger charge is 2.35. The Morgan fingerprint density at radius 1 is 1.35 bits per heavy atom. The molecule has 0 spiro atoms. The monoisotopic (exact) mass is 287 g/mol. The SMILES string of the molecule is N#CCCCCOc1ccc(C(=O)O)cc1C(F)(F)F. The number of nitrogens with zero attached hydrogens (tertiary/aromatic N) is 1. The van der Waals surface area contributed by atoms with Gasteiger partial charge in [0.15, 0.2) is 0 Å². The van der Waals surface area contributed by atoms with E-state index in [2.05, 4.69) is 0 Å². The molecule has 0 aliphatic carbocycles. The predicted molar refractivity (Wildman–Crippen MR) is 63.4 cm³/mol. The van der Waals surface area contributed by atoms with Crippen LogP contribution in [0.25, 0.3) is 0 Å². The van der Waals surface area contributed by atoms with Crippen LogP contribution in [0.4, 0.5) is 13.2 Å².